The predicted molar refractivity (Wildman–Crippen MR) is 74.5 cm³/mol. The summed E-state index contributed by atoms with van der Waals surface area (Å²) in [4.78, 5) is 26.8. The molecule has 2 fully saturated rings. The lowest BCUT2D eigenvalue weighted by molar-refractivity contribution is -0.151. The molecule has 2 amide bonds. The van der Waals surface area contributed by atoms with Gasteiger partial charge in [-0.3, -0.25) is 9.59 Å². The number of carbonyl (C=O) groups is 2. The van der Waals surface area contributed by atoms with E-state index in [1.807, 2.05) is 11.8 Å². The summed E-state index contributed by atoms with van der Waals surface area (Å²) in [5, 5.41) is 2.96. The molecular formula is C15H26N2O2. The van der Waals surface area contributed by atoms with E-state index in [0.29, 0.717) is 5.92 Å². The van der Waals surface area contributed by atoms with E-state index >= 15 is 0 Å². The monoisotopic (exact) mass is 266 g/mol. The van der Waals surface area contributed by atoms with Gasteiger partial charge in [-0.2, -0.15) is 0 Å². The van der Waals surface area contributed by atoms with Crippen LogP contribution in [0.5, 0.6) is 0 Å². The molecule has 2 rings (SSSR count). The molecule has 4 heteroatoms. The third-order valence-electron chi connectivity index (χ3n) is 4.49. The average molecular weight is 266 g/mol. The highest BCUT2D eigenvalue weighted by atomic mass is 16.2. The molecule has 1 heterocycles. The minimum absolute atomic E-state index is 0.0727. The molecule has 0 aromatic rings. The van der Waals surface area contributed by atoms with Crippen molar-refractivity contribution < 1.29 is 9.59 Å². The number of rotatable bonds is 6. The van der Waals surface area contributed by atoms with Gasteiger partial charge in [0.15, 0.2) is 0 Å². The Hall–Kier alpha value is -1.06. The first-order valence-electron chi connectivity index (χ1n) is 7.71. The van der Waals surface area contributed by atoms with Gasteiger partial charge in [-0.15, -0.1) is 0 Å². The molecule has 0 radical (unpaired) electrons. The van der Waals surface area contributed by atoms with Gasteiger partial charge >= 0.3 is 0 Å². The Morgan fingerprint density at radius 2 is 2.00 bits per heavy atom. The Morgan fingerprint density at radius 1 is 1.32 bits per heavy atom. The summed E-state index contributed by atoms with van der Waals surface area (Å²) in [5.74, 6) is 0.822. The summed E-state index contributed by atoms with van der Waals surface area (Å²) in [6.45, 7) is 6.95. The summed E-state index contributed by atoms with van der Waals surface area (Å²) < 4.78 is 0. The lowest BCUT2D eigenvalue weighted by atomic mass is 9.93. The van der Waals surface area contributed by atoms with Crippen LogP contribution in [0.3, 0.4) is 0 Å². The van der Waals surface area contributed by atoms with Crippen molar-refractivity contribution in [1.82, 2.24) is 10.2 Å². The van der Waals surface area contributed by atoms with Crippen LogP contribution in [0, 0.1) is 11.8 Å². The fourth-order valence-electron chi connectivity index (χ4n) is 2.84. The largest absolute Gasteiger partial charge is 0.342 e. The SMILES string of the molecule is CCCCN1C(=O)C(C(C)CC)NC(=O)C1C1CC1. The maximum atomic E-state index is 12.6. The Labute approximate surface area is 115 Å². The van der Waals surface area contributed by atoms with Gasteiger partial charge in [0.05, 0.1) is 0 Å². The topological polar surface area (TPSA) is 49.4 Å². The minimum Gasteiger partial charge on any atom is -0.342 e. The van der Waals surface area contributed by atoms with E-state index in [4.69, 9.17) is 0 Å². The summed E-state index contributed by atoms with van der Waals surface area (Å²) in [6, 6.07) is -0.510. The molecule has 1 aliphatic carbocycles. The number of unbranched alkanes of at least 4 members (excludes halogenated alkanes) is 1. The number of hydrogen-bond donors (Lipinski definition) is 1. The van der Waals surface area contributed by atoms with Gasteiger partial charge in [0.25, 0.3) is 0 Å². The molecule has 4 nitrogen and oxygen atoms in total. The zero-order valence-electron chi connectivity index (χ0n) is 12.3. The van der Waals surface area contributed by atoms with Crippen LogP contribution in [0.25, 0.3) is 0 Å². The molecule has 0 spiro atoms. The maximum Gasteiger partial charge on any atom is 0.246 e. The van der Waals surface area contributed by atoms with Crippen LogP contribution in [-0.2, 0) is 9.59 Å². The Balaban J connectivity index is 2.15. The van der Waals surface area contributed by atoms with Crippen LogP contribution < -0.4 is 5.32 Å². The van der Waals surface area contributed by atoms with E-state index in [-0.39, 0.29) is 29.8 Å². The lowest BCUT2D eigenvalue weighted by Gasteiger charge is -2.41. The van der Waals surface area contributed by atoms with Crippen molar-refractivity contribution in [2.24, 2.45) is 11.8 Å². The molecule has 0 aromatic heterocycles. The summed E-state index contributed by atoms with van der Waals surface area (Å²) >= 11 is 0. The highest BCUT2D eigenvalue weighted by Crippen LogP contribution is 2.37. The van der Waals surface area contributed by atoms with Gasteiger partial charge in [-0.05, 0) is 31.1 Å². The highest BCUT2D eigenvalue weighted by Gasteiger charge is 2.48. The fraction of sp³-hybridized carbons (Fsp3) is 0.867. The second-order valence-corrected chi connectivity index (χ2v) is 6.04. The first kappa shape index (κ1) is 14.4. The van der Waals surface area contributed by atoms with Gasteiger partial charge in [-0.1, -0.05) is 33.6 Å². The van der Waals surface area contributed by atoms with E-state index < -0.39 is 0 Å². The molecule has 1 saturated carbocycles. The first-order valence-corrected chi connectivity index (χ1v) is 7.71. The highest BCUT2D eigenvalue weighted by molar-refractivity contribution is 5.97. The Bertz CT molecular complexity index is 352. The Kier molecular flexibility index (Phi) is 4.48. The van der Waals surface area contributed by atoms with Crippen LogP contribution in [0.4, 0.5) is 0 Å². The van der Waals surface area contributed by atoms with Gasteiger partial charge < -0.3 is 10.2 Å². The average Bonchev–Trinajstić information content (AvgIpc) is 3.22. The molecule has 108 valence electrons. The zero-order chi connectivity index (χ0) is 14.0. The third kappa shape index (κ3) is 2.93. The number of piperazine rings is 1. The smallest absolute Gasteiger partial charge is 0.246 e. The number of nitrogens with zero attached hydrogens (tertiary/aromatic N) is 1. The van der Waals surface area contributed by atoms with Crippen molar-refractivity contribution in [2.75, 3.05) is 6.54 Å². The fourth-order valence-corrected chi connectivity index (χ4v) is 2.84. The molecule has 1 N–H and O–H groups in total. The molecule has 1 aliphatic heterocycles. The normalized spacial score (nSPS) is 29.3. The van der Waals surface area contributed by atoms with Crippen LogP contribution in [0.2, 0.25) is 0 Å². The minimum atomic E-state index is -0.315. The van der Waals surface area contributed by atoms with E-state index in [1.54, 1.807) is 0 Å². The molecule has 3 unspecified atom stereocenters. The molecule has 0 bridgehead atoms. The van der Waals surface area contributed by atoms with E-state index in [2.05, 4.69) is 19.2 Å². The zero-order valence-corrected chi connectivity index (χ0v) is 12.3. The van der Waals surface area contributed by atoms with Crippen molar-refractivity contribution in [2.45, 2.75) is 65.0 Å². The Morgan fingerprint density at radius 3 is 2.53 bits per heavy atom. The number of nitrogens with one attached hydrogen (secondary N) is 1. The summed E-state index contributed by atoms with van der Waals surface area (Å²) in [7, 11) is 0. The number of amides is 2. The van der Waals surface area contributed by atoms with Crippen LogP contribution in [0.15, 0.2) is 0 Å². The van der Waals surface area contributed by atoms with Crippen molar-refractivity contribution in [1.29, 1.82) is 0 Å². The van der Waals surface area contributed by atoms with E-state index in [0.717, 1.165) is 38.6 Å². The number of hydrogen-bond acceptors (Lipinski definition) is 2. The van der Waals surface area contributed by atoms with Crippen molar-refractivity contribution in [3.63, 3.8) is 0 Å². The molecule has 3 atom stereocenters. The molecular weight excluding hydrogens is 240 g/mol. The maximum absolute atomic E-state index is 12.6. The lowest BCUT2D eigenvalue weighted by Crippen LogP contribution is -2.65. The van der Waals surface area contributed by atoms with Gasteiger partial charge in [0.1, 0.15) is 12.1 Å². The van der Waals surface area contributed by atoms with Gasteiger partial charge in [0, 0.05) is 6.54 Å². The molecule has 0 aromatic carbocycles. The van der Waals surface area contributed by atoms with E-state index in [1.165, 1.54) is 0 Å². The molecule has 2 aliphatic rings. The van der Waals surface area contributed by atoms with Crippen molar-refractivity contribution in [3.05, 3.63) is 0 Å². The van der Waals surface area contributed by atoms with Crippen LogP contribution in [-0.4, -0.2) is 35.3 Å². The van der Waals surface area contributed by atoms with Gasteiger partial charge in [-0.25, -0.2) is 0 Å². The van der Waals surface area contributed by atoms with E-state index in [9.17, 15) is 9.59 Å². The quantitative estimate of drug-likeness (QED) is 0.798. The molecule has 19 heavy (non-hydrogen) atoms. The first-order chi connectivity index (χ1) is 9.10. The van der Waals surface area contributed by atoms with Crippen molar-refractivity contribution >= 4 is 11.8 Å². The number of carbonyl (C=O) groups excluding carboxylic acids is 2. The summed E-state index contributed by atoms with van der Waals surface area (Å²) in [6.07, 6.45) is 5.11. The summed E-state index contributed by atoms with van der Waals surface area (Å²) in [5.41, 5.74) is 0. The third-order valence-corrected chi connectivity index (χ3v) is 4.49. The second-order valence-electron chi connectivity index (χ2n) is 6.04. The van der Waals surface area contributed by atoms with Crippen LogP contribution in [0.1, 0.15) is 52.9 Å². The standard InChI is InChI=1S/C15H26N2O2/c1-4-6-9-17-13(11-7-8-11)14(18)16-12(15(17)19)10(3)5-2/h10-13H,4-9H2,1-3H3,(H,16,18). The second kappa shape index (κ2) is 5.93. The van der Waals surface area contributed by atoms with Gasteiger partial charge in [0.2, 0.25) is 11.8 Å². The van der Waals surface area contributed by atoms with Crippen LogP contribution >= 0.6 is 0 Å². The molecule has 1 saturated heterocycles. The van der Waals surface area contributed by atoms with Crippen molar-refractivity contribution in [3.8, 4) is 0 Å². The predicted octanol–water partition coefficient (Wildman–Crippen LogP) is 1.94.